The number of carboxylic acid groups (broad SMARTS) is 1. The molecule has 0 bridgehead atoms. The van der Waals surface area contributed by atoms with Crippen molar-refractivity contribution in [3.63, 3.8) is 0 Å². The zero-order valence-corrected chi connectivity index (χ0v) is 10.2. The number of halogens is 1. The summed E-state index contributed by atoms with van der Waals surface area (Å²) in [5, 5.41) is 12.9. The van der Waals surface area contributed by atoms with Crippen LogP contribution >= 0.6 is 11.6 Å². The van der Waals surface area contributed by atoms with Crippen LogP contribution in [0.5, 0.6) is 0 Å². The molecule has 1 aromatic carbocycles. The van der Waals surface area contributed by atoms with Crippen LogP contribution in [0.1, 0.15) is 25.8 Å². The molecule has 0 aromatic heterocycles. The second-order valence-corrected chi connectivity index (χ2v) is 4.30. The fourth-order valence-corrected chi connectivity index (χ4v) is 1.59. The van der Waals surface area contributed by atoms with Crippen LogP contribution < -0.4 is 5.32 Å². The summed E-state index contributed by atoms with van der Waals surface area (Å²) in [7, 11) is 0. The SMILES string of the molecule is CCCNC(C)(C(=O)O)c1ccc(Cl)cc1. The van der Waals surface area contributed by atoms with Crippen LogP contribution in [-0.4, -0.2) is 17.6 Å². The Hall–Kier alpha value is -1.06. The van der Waals surface area contributed by atoms with Crippen molar-refractivity contribution in [1.82, 2.24) is 5.32 Å². The van der Waals surface area contributed by atoms with Crippen LogP contribution in [0.25, 0.3) is 0 Å². The van der Waals surface area contributed by atoms with Gasteiger partial charge in [0.1, 0.15) is 5.54 Å². The van der Waals surface area contributed by atoms with Crippen LogP contribution in [0.3, 0.4) is 0 Å². The molecule has 0 heterocycles. The van der Waals surface area contributed by atoms with Gasteiger partial charge in [-0.15, -0.1) is 0 Å². The van der Waals surface area contributed by atoms with Crippen molar-refractivity contribution in [3.8, 4) is 0 Å². The second kappa shape index (κ2) is 5.32. The van der Waals surface area contributed by atoms with E-state index in [-0.39, 0.29) is 0 Å². The van der Waals surface area contributed by atoms with Gasteiger partial charge >= 0.3 is 5.97 Å². The summed E-state index contributed by atoms with van der Waals surface area (Å²) < 4.78 is 0. The molecule has 3 nitrogen and oxygen atoms in total. The van der Waals surface area contributed by atoms with E-state index in [0.29, 0.717) is 17.1 Å². The first-order valence-electron chi connectivity index (χ1n) is 5.25. The number of rotatable bonds is 5. The summed E-state index contributed by atoms with van der Waals surface area (Å²) in [5.41, 5.74) is -0.349. The molecule has 1 rings (SSSR count). The lowest BCUT2D eigenvalue weighted by Gasteiger charge is -2.26. The maximum absolute atomic E-state index is 11.3. The van der Waals surface area contributed by atoms with E-state index in [1.807, 2.05) is 6.92 Å². The van der Waals surface area contributed by atoms with Gasteiger partial charge in [-0.3, -0.25) is 5.32 Å². The second-order valence-electron chi connectivity index (χ2n) is 3.86. The number of hydrogen-bond donors (Lipinski definition) is 2. The van der Waals surface area contributed by atoms with E-state index < -0.39 is 11.5 Å². The van der Waals surface area contributed by atoms with Crippen molar-refractivity contribution >= 4 is 17.6 Å². The van der Waals surface area contributed by atoms with Crippen molar-refractivity contribution < 1.29 is 9.90 Å². The lowest BCUT2D eigenvalue weighted by molar-refractivity contribution is -0.144. The number of hydrogen-bond acceptors (Lipinski definition) is 2. The van der Waals surface area contributed by atoms with Gasteiger partial charge in [0.25, 0.3) is 0 Å². The number of benzene rings is 1. The monoisotopic (exact) mass is 241 g/mol. The van der Waals surface area contributed by atoms with Gasteiger partial charge in [-0.25, -0.2) is 4.79 Å². The number of carboxylic acids is 1. The lowest BCUT2D eigenvalue weighted by Crippen LogP contribution is -2.46. The summed E-state index contributed by atoms with van der Waals surface area (Å²) in [6.07, 6.45) is 0.885. The van der Waals surface area contributed by atoms with Gasteiger partial charge in [0.05, 0.1) is 0 Å². The molecule has 0 amide bonds. The Morgan fingerprint density at radius 1 is 1.44 bits per heavy atom. The Balaban J connectivity index is 3.01. The lowest BCUT2D eigenvalue weighted by atomic mass is 9.92. The highest BCUT2D eigenvalue weighted by Crippen LogP contribution is 2.22. The first-order valence-corrected chi connectivity index (χ1v) is 5.63. The summed E-state index contributed by atoms with van der Waals surface area (Å²) >= 11 is 5.78. The number of carbonyl (C=O) groups is 1. The molecule has 1 aromatic rings. The molecule has 88 valence electrons. The zero-order valence-electron chi connectivity index (χ0n) is 9.46. The average Bonchev–Trinajstić information content (AvgIpc) is 2.26. The van der Waals surface area contributed by atoms with E-state index in [9.17, 15) is 9.90 Å². The van der Waals surface area contributed by atoms with Crippen molar-refractivity contribution in [2.45, 2.75) is 25.8 Å². The molecule has 16 heavy (non-hydrogen) atoms. The van der Waals surface area contributed by atoms with E-state index in [2.05, 4.69) is 5.32 Å². The molecule has 0 aliphatic heterocycles. The Bertz CT molecular complexity index is 364. The quantitative estimate of drug-likeness (QED) is 0.833. The molecule has 0 aliphatic rings. The molecule has 1 atom stereocenters. The maximum Gasteiger partial charge on any atom is 0.328 e. The predicted molar refractivity (Wildman–Crippen MR) is 64.7 cm³/mol. The smallest absolute Gasteiger partial charge is 0.328 e. The Labute approximate surface area is 100 Å². The highest BCUT2D eigenvalue weighted by atomic mass is 35.5. The van der Waals surface area contributed by atoms with E-state index >= 15 is 0 Å². The molecule has 2 N–H and O–H groups in total. The number of aliphatic carboxylic acids is 1. The van der Waals surface area contributed by atoms with Crippen LogP contribution in [0.2, 0.25) is 5.02 Å². The summed E-state index contributed by atoms with van der Waals surface area (Å²) in [6, 6.07) is 6.87. The molecule has 0 saturated carbocycles. The summed E-state index contributed by atoms with van der Waals surface area (Å²) in [4.78, 5) is 11.3. The van der Waals surface area contributed by atoms with Gasteiger partial charge in [-0.05, 0) is 37.6 Å². The minimum Gasteiger partial charge on any atom is -0.480 e. The van der Waals surface area contributed by atoms with Crippen molar-refractivity contribution in [3.05, 3.63) is 34.9 Å². The van der Waals surface area contributed by atoms with Crippen molar-refractivity contribution in [1.29, 1.82) is 0 Å². The van der Waals surface area contributed by atoms with Crippen molar-refractivity contribution in [2.24, 2.45) is 0 Å². The third kappa shape index (κ3) is 2.74. The van der Waals surface area contributed by atoms with E-state index in [4.69, 9.17) is 11.6 Å². The van der Waals surface area contributed by atoms with Gasteiger partial charge < -0.3 is 5.11 Å². The van der Waals surface area contributed by atoms with Crippen LogP contribution in [-0.2, 0) is 10.3 Å². The molecule has 0 radical (unpaired) electrons. The van der Waals surface area contributed by atoms with Crippen LogP contribution in [0.15, 0.2) is 24.3 Å². The minimum absolute atomic E-state index is 0.604. The predicted octanol–water partition coefficient (Wildman–Crippen LogP) is 2.64. The van der Waals surface area contributed by atoms with E-state index in [1.165, 1.54) is 0 Å². The highest BCUT2D eigenvalue weighted by molar-refractivity contribution is 6.30. The van der Waals surface area contributed by atoms with Crippen LogP contribution in [0, 0.1) is 0 Å². The molecule has 0 aliphatic carbocycles. The van der Waals surface area contributed by atoms with Gasteiger partial charge in [0.15, 0.2) is 0 Å². The molecular formula is C12H16ClNO2. The van der Waals surface area contributed by atoms with Gasteiger partial charge in [-0.2, -0.15) is 0 Å². The molecular weight excluding hydrogens is 226 g/mol. The average molecular weight is 242 g/mol. The summed E-state index contributed by atoms with van der Waals surface area (Å²) in [6.45, 7) is 4.32. The van der Waals surface area contributed by atoms with Crippen molar-refractivity contribution in [2.75, 3.05) is 6.54 Å². The molecule has 0 fully saturated rings. The molecule has 0 saturated heterocycles. The maximum atomic E-state index is 11.3. The zero-order chi connectivity index (χ0) is 12.2. The third-order valence-electron chi connectivity index (χ3n) is 2.58. The first kappa shape index (κ1) is 13.0. The number of nitrogens with one attached hydrogen (secondary N) is 1. The van der Waals surface area contributed by atoms with Gasteiger partial charge in [0, 0.05) is 5.02 Å². The van der Waals surface area contributed by atoms with Gasteiger partial charge in [0.2, 0.25) is 0 Å². The Morgan fingerprint density at radius 2 is 2.00 bits per heavy atom. The topological polar surface area (TPSA) is 49.3 Å². The Morgan fingerprint density at radius 3 is 2.44 bits per heavy atom. The molecule has 1 unspecified atom stereocenters. The minimum atomic E-state index is -1.05. The molecule has 0 spiro atoms. The third-order valence-corrected chi connectivity index (χ3v) is 2.83. The first-order chi connectivity index (χ1) is 7.50. The van der Waals surface area contributed by atoms with E-state index in [0.717, 1.165) is 6.42 Å². The fraction of sp³-hybridized carbons (Fsp3) is 0.417. The Kier molecular flexibility index (Phi) is 4.33. The highest BCUT2D eigenvalue weighted by Gasteiger charge is 2.34. The molecule has 4 heteroatoms. The largest absolute Gasteiger partial charge is 0.480 e. The fourth-order valence-electron chi connectivity index (χ4n) is 1.46. The van der Waals surface area contributed by atoms with Gasteiger partial charge in [-0.1, -0.05) is 30.7 Å². The normalized spacial score (nSPS) is 14.4. The van der Waals surface area contributed by atoms with E-state index in [1.54, 1.807) is 31.2 Å². The summed E-state index contributed by atoms with van der Waals surface area (Å²) in [5.74, 6) is -0.886. The van der Waals surface area contributed by atoms with Crippen LogP contribution in [0.4, 0.5) is 0 Å². The standard InChI is InChI=1S/C12H16ClNO2/c1-3-8-14-12(2,11(15)16)9-4-6-10(13)7-5-9/h4-7,14H,3,8H2,1-2H3,(H,15,16).